The number of rotatable bonds is 15. The average molecular weight is 647 g/mol. The van der Waals surface area contributed by atoms with Crippen LogP contribution in [0.2, 0.25) is 0 Å². The third-order valence-electron chi connectivity index (χ3n) is 7.39. The molecule has 3 aromatic rings. The minimum atomic E-state index is -0.797. The van der Waals surface area contributed by atoms with E-state index in [2.05, 4.69) is 10.6 Å². The molecule has 0 bridgehead atoms. The number of carbonyl (C=O) groups excluding carboxylic acids is 3. The molecule has 5 atom stereocenters. The maximum absolute atomic E-state index is 13.2. The molecule has 47 heavy (non-hydrogen) atoms. The molecule has 1 aliphatic rings. The molecule has 10 heteroatoms. The van der Waals surface area contributed by atoms with Crippen LogP contribution in [0.1, 0.15) is 50.8 Å². The van der Waals surface area contributed by atoms with Gasteiger partial charge < -0.3 is 34.3 Å². The zero-order valence-electron chi connectivity index (χ0n) is 27.6. The van der Waals surface area contributed by atoms with Crippen LogP contribution in [0.4, 0.5) is 4.79 Å². The van der Waals surface area contributed by atoms with Crippen LogP contribution >= 0.6 is 0 Å². The van der Waals surface area contributed by atoms with Crippen molar-refractivity contribution in [2.75, 3.05) is 13.2 Å². The topological polar surface area (TPSA) is 121 Å². The summed E-state index contributed by atoms with van der Waals surface area (Å²) in [6.45, 7) is 7.38. The largest absolute Gasteiger partial charge is 0.444 e. The number of benzene rings is 3. The van der Waals surface area contributed by atoms with Crippen LogP contribution in [-0.4, -0.2) is 67.0 Å². The number of hydrogen-bond acceptors (Lipinski definition) is 8. The highest BCUT2D eigenvalue weighted by Gasteiger charge is 2.48. The molecule has 0 spiro atoms. The van der Waals surface area contributed by atoms with Crippen LogP contribution in [0.25, 0.3) is 0 Å². The average Bonchev–Trinajstić information content (AvgIpc) is 3.04. The molecule has 2 N–H and O–H groups in total. The van der Waals surface area contributed by atoms with Gasteiger partial charge in [-0.25, -0.2) is 4.79 Å². The number of ether oxygens (including phenoxy) is 5. The summed E-state index contributed by atoms with van der Waals surface area (Å²) in [5, 5.41) is 5.49. The highest BCUT2D eigenvalue weighted by molar-refractivity contribution is 5.84. The van der Waals surface area contributed by atoms with Crippen LogP contribution in [0.5, 0.6) is 0 Å². The lowest BCUT2D eigenvalue weighted by atomic mass is 9.89. The van der Waals surface area contributed by atoms with Crippen molar-refractivity contribution in [3.63, 3.8) is 0 Å². The summed E-state index contributed by atoms with van der Waals surface area (Å²) in [5.41, 5.74) is 2.19. The molecule has 1 saturated heterocycles. The number of ketones is 1. The van der Waals surface area contributed by atoms with Crippen LogP contribution in [0.15, 0.2) is 91.0 Å². The van der Waals surface area contributed by atoms with Gasteiger partial charge in [-0.1, -0.05) is 91.0 Å². The van der Waals surface area contributed by atoms with Crippen LogP contribution in [-0.2, 0) is 53.1 Å². The lowest BCUT2D eigenvalue weighted by Crippen LogP contribution is -2.65. The molecule has 252 valence electrons. The fraction of sp³-hybridized carbons (Fsp3) is 0.432. The number of carbonyl (C=O) groups is 3. The van der Waals surface area contributed by atoms with Gasteiger partial charge >= 0.3 is 6.09 Å². The zero-order valence-corrected chi connectivity index (χ0v) is 27.6. The monoisotopic (exact) mass is 646 g/mol. The third-order valence-corrected chi connectivity index (χ3v) is 7.39. The van der Waals surface area contributed by atoms with Gasteiger partial charge in [0.05, 0.1) is 45.1 Å². The molecule has 0 unspecified atom stereocenters. The minimum Gasteiger partial charge on any atom is -0.444 e. The Hall–Kier alpha value is -4.09. The second-order valence-electron chi connectivity index (χ2n) is 12.6. The van der Waals surface area contributed by atoms with Crippen molar-refractivity contribution in [3.8, 4) is 0 Å². The summed E-state index contributed by atoms with van der Waals surface area (Å²) < 4.78 is 31.1. The van der Waals surface area contributed by atoms with Gasteiger partial charge in [0.2, 0.25) is 5.91 Å². The van der Waals surface area contributed by atoms with Crippen molar-refractivity contribution in [1.29, 1.82) is 0 Å². The fourth-order valence-electron chi connectivity index (χ4n) is 5.32. The predicted octanol–water partition coefficient (Wildman–Crippen LogP) is 5.13. The molecule has 0 aliphatic carbocycles. The third kappa shape index (κ3) is 12.2. The number of Topliss-reactive ketones (excluding diaryl/α,β-unsaturated/α-hetero) is 1. The van der Waals surface area contributed by atoms with Crippen LogP contribution in [0.3, 0.4) is 0 Å². The summed E-state index contributed by atoms with van der Waals surface area (Å²) in [5.74, 6) is -0.609. The molecule has 1 fully saturated rings. The van der Waals surface area contributed by atoms with E-state index in [0.29, 0.717) is 6.61 Å². The maximum Gasteiger partial charge on any atom is 0.408 e. The van der Waals surface area contributed by atoms with E-state index in [4.69, 9.17) is 23.7 Å². The van der Waals surface area contributed by atoms with E-state index in [0.717, 1.165) is 16.7 Å². The molecule has 0 saturated carbocycles. The second-order valence-corrected chi connectivity index (χ2v) is 12.6. The van der Waals surface area contributed by atoms with Gasteiger partial charge in [-0.05, 0) is 37.5 Å². The lowest BCUT2D eigenvalue weighted by Gasteiger charge is -2.46. The Morgan fingerprint density at radius 3 is 1.74 bits per heavy atom. The van der Waals surface area contributed by atoms with Gasteiger partial charge in [-0.15, -0.1) is 0 Å². The van der Waals surface area contributed by atoms with E-state index >= 15 is 0 Å². The molecule has 10 nitrogen and oxygen atoms in total. The van der Waals surface area contributed by atoms with Crippen LogP contribution in [0, 0.1) is 0 Å². The van der Waals surface area contributed by atoms with E-state index < -0.39 is 42.2 Å². The van der Waals surface area contributed by atoms with Crippen molar-refractivity contribution < 1.29 is 38.1 Å². The molecular formula is C37H46N2O8. The van der Waals surface area contributed by atoms with Crippen molar-refractivity contribution in [2.45, 2.75) is 90.0 Å². The fourth-order valence-corrected chi connectivity index (χ4v) is 5.32. The number of amides is 2. The normalized spacial score (nSPS) is 21.1. The van der Waals surface area contributed by atoms with Gasteiger partial charge in [-0.2, -0.15) is 0 Å². The van der Waals surface area contributed by atoms with Gasteiger partial charge in [-0.3, -0.25) is 9.59 Å². The van der Waals surface area contributed by atoms with E-state index in [1.807, 2.05) is 91.0 Å². The number of hydrogen-bond donors (Lipinski definition) is 2. The standard InChI is InChI=1S/C37H46N2O8/c1-26(40)39-33-31(20-30(41)21-38-36(42)47-37(2,3)4)46-32(25-43-22-27-14-8-5-9-15-27)34(44-23-28-16-10-6-11-17-28)35(33)45-24-29-18-12-7-13-19-29/h5-19,31-35H,20-25H2,1-4H3,(H,38,42)(H,39,40)/t31-,32+,33-,34+,35+/m0/s1. The number of nitrogens with one attached hydrogen (secondary N) is 2. The molecule has 0 aromatic heterocycles. The van der Waals surface area contributed by atoms with Crippen molar-refractivity contribution in [3.05, 3.63) is 108 Å². The van der Waals surface area contributed by atoms with Gasteiger partial charge in [0, 0.05) is 13.3 Å². The summed E-state index contributed by atoms with van der Waals surface area (Å²) in [6.07, 6.45) is -3.62. The summed E-state index contributed by atoms with van der Waals surface area (Å²) >= 11 is 0. The first-order chi connectivity index (χ1) is 22.6. The Labute approximate surface area is 277 Å². The highest BCUT2D eigenvalue weighted by Crippen LogP contribution is 2.30. The Morgan fingerprint density at radius 1 is 0.723 bits per heavy atom. The Bertz CT molecular complexity index is 1400. The molecule has 4 rings (SSSR count). The Morgan fingerprint density at radius 2 is 1.23 bits per heavy atom. The van der Waals surface area contributed by atoms with Crippen molar-refractivity contribution >= 4 is 17.8 Å². The van der Waals surface area contributed by atoms with Crippen molar-refractivity contribution in [2.24, 2.45) is 0 Å². The summed E-state index contributed by atoms with van der Waals surface area (Å²) in [7, 11) is 0. The molecule has 0 radical (unpaired) electrons. The first kappa shape index (κ1) is 35.8. The van der Waals surface area contributed by atoms with Crippen LogP contribution < -0.4 is 10.6 Å². The molecule has 3 aromatic carbocycles. The van der Waals surface area contributed by atoms with E-state index in [1.54, 1.807) is 20.8 Å². The highest BCUT2D eigenvalue weighted by atomic mass is 16.6. The van der Waals surface area contributed by atoms with Gasteiger partial charge in [0.15, 0.2) is 5.78 Å². The molecule has 2 amide bonds. The quantitative estimate of drug-likeness (QED) is 0.233. The molecular weight excluding hydrogens is 600 g/mol. The maximum atomic E-state index is 13.2. The molecule has 1 heterocycles. The summed E-state index contributed by atoms with van der Waals surface area (Å²) in [4.78, 5) is 38.0. The Kier molecular flexibility index (Phi) is 13.5. The lowest BCUT2D eigenvalue weighted by molar-refractivity contribution is -0.232. The molecule has 1 aliphatic heterocycles. The van der Waals surface area contributed by atoms with E-state index in [9.17, 15) is 14.4 Å². The first-order valence-corrected chi connectivity index (χ1v) is 15.9. The Balaban J connectivity index is 1.59. The first-order valence-electron chi connectivity index (χ1n) is 15.9. The minimum absolute atomic E-state index is 0.105. The smallest absolute Gasteiger partial charge is 0.408 e. The van der Waals surface area contributed by atoms with Gasteiger partial charge in [0.25, 0.3) is 0 Å². The number of alkyl carbamates (subject to hydrolysis) is 1. The second kappa shape index (κ2) is 17.7. The van der Waals surface area contributed by atoms with Gasteiger partial charge in [0.1, 0.15) is 23.9 Å². The van der Waals surface area contributed by atoms with E-state index in [1.165, 1.54) is 6.92 Å². The SMILES string of the molecule is CC(=O)N[C@@H]1[C@@H](OCc2ccccc2)[C@H](OCc2ccccc2)[C@@H](COCc2ccccc2)O[C@H]1CC(=O)CNC(=O)OC(C)(C)C. The predicted molar refractivity (Wildman–Crippen MR) is 176 cm³/mol. The zero-order chi connectivity index (χ0) is 33.6. The van der Waals surface area contributed by atoms with E-state index in [-0.39, 0.29) is 44.5 Å². The summed E-state index contributed by atoms with van der Waals surface area (Å²) in [6, 6.07) is 28.5. The van der Waals surface area contributed by atoms with Crippen molar-refractivity contribution in [1.82, 2.24) is 10.6 Å².